The molecular weight excluding hydrogens is 427 g/mol. The summed E-state index contributed by atoms with van der Waals surface area (Å²) in [5.41, 5.74) is 6.63. The zero-order valence-corrected chi connectivity index (χ0v) is 19.3. The van der Waals surface area contributed by atoms with Crippen molar-refractivity contribution in [3.8, 4) is 28.5 Å². The van der Waals surface area contributed by atoms with Gasteiger partial charge in [-0.15, -0.1) is 0 Å². The minimum atomic E-state index is -0.490. The minimum Gasteiger partial charge on any atom is -0.495 e. The Labute approximate surface area is 198 Å². The first kappa shape index (κ1) is 20.9. The number of ether oxygens (including phenoxy) is 3. The smallest absolute Gasteiger partial charge is 0.320 e. The van der Waals surface area contributed by atoms with Crippen LogP contribution in [0.2, 0.25) is 6.82 Å². The molecule has 6 nitrogen and oxygen atoms in total. The molecule has 0 radical (unpaired) electrons. The second-order valence-corrected chi connectivity index (χ2v) is 8.88. The third-order valence-corrected chi connectivity index (χ3v) is 6.75. The number of hydrogen-bond acceptors (Lipinski definition) is 5. The largest absolute Gasteiger partial charge is 0.495 e. The van der Waals surface area contributed by atoms with Gasteiger partial charge in [0.2, 0.25) is 12.5 Å². The van der Waals surface area contributed by atoms with Crippen LogP contribution < -0.4 is 29.6 Å². The fourth-order valence-electron chi connectivity index (χ4n) is 4.93. The number of aryl methyl sites for hydroxylation is 2. The SMILES string of the molecule is COc1ccc2cc3[n+](cc2c1NCc1cccc(B(C)O)c1)CCc1cc2c(cc1-3)OCO2. The van der Waals surface area contributed by atoms with Crippen molar-refractivity contribution in [2.75, 3.05) is 19.2 Å². The monoisotopic (exact) mass is 453 g/mol. The average Bonchev–Trinajstić information content (AvgIpc) is 3.32. The highest BCUT2D eigenvalue weighted by Crippen LogP contribution is 2.41. The summed E-state index contributed by atoms with van der Waals surface area (Å²) in [6, 6.07) is 18.6. The number of fused-ring (bicyclic) bond motifs is 5. The molecule has 1 aromatic heterocycles. The second kappa shape index (κ2) is 8.26. The van der Waals surface area contributed by atoms with Crippen LogP contribution >= 0.6 is 0 Å². The molecule has 0 saturated carbocycles. The zero-order chi connectivity index (χ0) is 23.2. The lowest BCUT2D eigenvalue weighted by molar-refractivity contribution is -0.686. The predicted octanol–water partition coefficient (Wildman–Crippen LogP) is 3.52. The van der Waals surface area contributed by atoms with E-state index in [0.717, 1.165) is 57.7 Å². The highest BCUT2D eigenvalue weighted by atomic mass is 16.7. The molecule has 0 unspecified atom stereocenters. The summed E-state index contributed by atoms with van der Waals surface area (Å²) in [6.45, 7) is 3.10. The molecule has 6 rings (SSSR count). The van der Waals surface area contributed by atoms with E-state index in [4.69, 9.17) is 14.2 Å². The number of aromatic nitrogens is 1. The summed E-state index contributed by atoms with van der Waals surface area (Å²) in [6.07, 6.45) is 3.16. The molecular formula is C27H26BN2O4+. The van der Waals surface area contributed by atoms with Crippen molar-refractivity contribution in [1.29, 1.82) is 0 Å². The summed E-state index contributed by atoms with van der Waals surface area (Å²) in [4.78, 5) is 0. The summed E-state index contributed by atoms with van der Waals surface area (Å²) in [5, 5.41) is 15.8. The summed E-state index contributed by atoms with van der Waals surface area (Å²) in [5.74, 6) is 2.45. The van der Waals surface area contributed by atoms with Crippen LogP contribution in [0.3, 0.4) is 0 Å². The number of nitrogens with one attached hydrogen (secondary N) is 1. The van der Waals surface area contributed by atoms with E-state index in [1.807, 2.05) is 24.3 Å². The molecule has 0 aliphatic carbocycles. The van der Waals surface area contributed by atoms with Crippen LogP contribution in [0.5, 0.6) is 17.2 Å². The quantitative estimate of drug-likeness (QED) is 0.358. The molecule has 34 heavy (non-hydrogen) atoms. The van der Waals surface area contributed by atoms with Gasteiger partial charge in [-0.05, 0) is 40.2 Å². The average molecular weight is 453 g/mol. The first-order chi connectivity index (χ1) is 16.6. The van der Waals surface area contributed by atoms with Crippen LogP contribution in [-0.4, -0.2) is 25.8 Å². The van der Waals surface area contributed by atoms with E-state index in [0.29, 0.717) is 6.54 Å². The van der Waals surface area contributed by atoms with Crippen LogP contribution in [0.15, 0.2) is 60.8 Å². The van der Waals surface area contributed by atoms with E-state index in [1.54, 1.807) is 13.9 Å². The third-order valence-electron chi connectivity index (χ3n) is 6.75. The lowest BCUT2D eigenvalue weighted by Gasteiger charge is -2.18. The van der Waals surface area contributed by atoms with Crippen molar-refractivity contribution in [2.24, 2.45) is 0 Å². The van der Waals surface area contributed by atoms with E-state index in [1.165, 1.54) is 16.8 Å². The van der Waals surface area contributed by atoms with Crippen molar-refractivity contribution in [2.45, 2.75) is 26.3 Å². The molecule has 3 heterocycles. The number of nitrogens with zero attached hydrogens (tertiary/aromatic N) is 1. The van der Waals surface area contributed by atoms with Crippen LogP contribution in [0.1, 0.15) is 11.1 Å². The molecule has 7 heteroatoms. The molecule has 3 aromatic carbocycles. The van der Waals surface area contributed by atoms with Gasteiger partial charge in [0.15, 0.2) is 24.2 Å². The van der Waals surface area contributed by atoms with E-state index < -0.39 is 6.92 Å². The maximum absolute atomic E-state index is 9.93. The summed E-state index contributed by atoms with van der Waals surface area (Å²) < 4.78 is 19.2. The Morgan fingerprint density at radius 3 is 2.76 bits per heavy atom. The Kier molecular flexibility index (Phi) is 5.07. The highest BCUT2D eigenvalue weighted by molar-refractivity contribution is 6.64. The van der Waals surface area contributed by atoms with Crippen molar-refractivity contribution in [3.05, 3.63) is 71.9 Å². The van der Waals surface area contributed by atoms with Crippen molar-refractivity contribution >= 4 is 28.8 Å². The van der Waals surface area contributed by atoms with Gasteiger partial charge >= 0.3 is 6.92 Å². The predicted molar refractivity (Wildman–Crippen MR) is 133 cm³/mol. The lowest BCUT2D eigenvalue weighted by atomic mass is 9.64. The van der Waals surface area contributed by atoms with Crippen molar-refractivity contribution < 1.29 is 23.8 Å². The van der Waals surface area contributed by atoms with Gasteiger partial charge in [0.1, 0.15) is 5.75 Å². The van der Waals surface area contributed by atoms with Crippen LogP contribution in [0, 0.1) is 0 Å². The normalized spacial score (nSPS) is 13.4. The fraction of sp³-hybridized carbons (Fsp3) is 0.222. The van der Waals surface area contributed by atoms with Crippen LogP contribution in [-0.2, 0) is 19.5 Å². The summed E-state index contributed by atoms with van der Waals surface area (Å²) in [7, 11) is 1.70. The van der Waals surface area contributed by atoms with Gasteiger partial charge < -0.3 is 24.6 Å². The Morgan fingerprint density at radius 2 is 1.94 bits per heavy atom. The molecule has 2 aliphatic rings. The molecule has 0 bridgehead atoms. The number of hydrogen-bond donors (Lipinski definition) is 2. The van der Waals surface area contributed by atoms with Crippen molar-refractivity contribution in [1.82, 2.24) is 0 Å². The molecule has 0 saturated heterocycles. The van der Waals surface area contributed by atoms with Gasteiger partial charge in [0.25, 0.3) is 0 Å². The standard InChI is InChI=1S/C27H25BN2O4/c1-28(31)20-5-3-4-17(10-20)14-29-27-22-15-30-9-8-19-12-25-26(34-16-33-25)13-21(19)23(30)11-18(22)6-7-24(27)32-2/h3-7,10-13,15,31H,8-9,14,16H2,1-2H3/p+1. The maximum atomic E-state index is 9.93. The molecule has 2 aliphatic heterocycles. The number of anilines is 1. The number of pyridine rings is 1. The van der Waals surface area contributed by atoms with Crippen LogP contribution in [0.4, 0.5) is 5.69 Å². The Hall–Kier alpha value is -3.71. The molecule has 4 aromatic rings. The van der Waals surface area contributed by atoms with E-state index in [2.05, 4.69) is 46.4 Å². The van der Waals surface area contributed by atoms with Gasteiger partial charge in [-0.1, -0.05) is 37.2 Å². The zero-order valence-electron chi connectivity index (χ0n) is 19.3. The van der Waals surface area contributed by atoms with Gasteiger partial charge in [0, 0.05) is 19.0 Å². The topological polar surface area (TPSA) is 63.8 Å². The summed E-state index contributed by atoms with van der Waals surface area (Å²) >= 11 is 0. The Bertz CT molecular complexity index is 1420. The number of benzene rings is 3. The Morgan fingerprint density at radius 1 is 1.09 bits per heavy atom. The van der Waals surface area contributed by atoms with Crippen LogP contribution in [0.25, 0.3) is 22.0 Å². The number of methoxy groups -OCH3 is 1. The first-order valence-electron chi connectivity index (χ1n) is 11.6. The van der Waals surface area contributed by atoms with E-state index >= 15 is 0 Å². The molecule has 0 amide bonds. The van der Waals surface area contributed by atoms with Crippen molar-refractivity contribution in [3.63, 3.8) is 0 Å². The molecule has 0 atom stereocenters. The highest BCUT2D eigenvalue weighted by Gasteiger charge is 2.28. The molecule has 0 fully saturated rings. The molecule has 0 spiro atoms. The van der Waals surface area contributed by atoms with Gasteiger partial charge in [-0.25, -0.2) is 0 Å². The minimum absolute atomic E-state index is 0.283. The second-order valence-electron chi connectivity index (χ2n) is 8.88. The van der Waals surface area contributed by atoms with Gasteiger partial charge in [-0.2, -0.15) is 4.57 Å². The fourth-order valence-corrected chi connectivity index (χ4v) is 4.93. The van der Waals surface area contributed by atoms with E-state index in [9.17, 15) is 5.02 Å². The maximum Gasteiger partial charge on any atom is 0.320 e. The third kappa shape index (κ3) is 3.53. The van der Waals surface area contributed by atoms with Gasteiger partial charge in [-0.3, -0.25) is 0 Å². The molecule has 170 valence electrons. The van der Waals surface area contributed by atoms with Gasteiger partial charge in [0.05, 0.1) is 23.7 Å². The van der Waals surface area contributed by atoms with E-state index in [-0.39, 0.29) is 6.79 Å². The lowest BCUT2D eigenvalue weighted by Crippen LogP contribution is -2.40. The Balaban J connectivity index is 1.41. The molecule has 2 N–H and O–H groups in total. The number of rotatable bonds is 5. The first-order valence-corrected chi connectivity index (χ1v) is 11.6.